The molecule has 0 radical (unpaired) electrons. The molecule has 0 bridgehead atoms. The average molecular weight is 639 g/mol. The monoisotopic (exact) mass is 638 g/mol. The fraction of sp³-hybridized carbons (Fsp3) is 0.867. The van der Waals surface area contributed by atoms with Gasteiger partial charge in [0.1, 0.15) is 26.3 Å². The van der Waals surface area contributed by atoms with E-state index in [1.165, 1.54) is 0 Å². The van der Waals surface area contributed by atoms with Gasteiger partial charge < -0.3 is 18.8 Å². The molecule has 2 N–H and O–H groups in total. The summed E-state index contributed by atoms with van der Waals surface area (Å²) < 4.78 is 21.4. The Morgan fingerprint density at radius 1 is 0.476 bits per heavy atom. The van der Waals surface area contributed by atoms with Gasteiger partial charge in [-0.2, -0.15) is 27.9 Å². The molecular weight excluding hydrogens is 578 g/mol. The van der Waals surface area contributed by atoms with Crippen molar-refractivity contribution in [2.75, 3.05) is 81.8 Å². The van der Waals surface area contributed by atoms with Crippen molar-refractivity contribution in [1.29, 1.82) is 0 Å². The van der Waals surface area contributed by atoms with E-state index in [2.05, 4.69) is 23.7 Å². The first kappa shape index (κ1) is 41.6. The molecule has 0 aromatic heterocycles. The second kappa shape index (κ2) is 23.9. The van der Waals surface area contributed by atoms with Crippen LogP contribution < -0.4 is 9.79 Å². The molecule has 0 aliphatic carbocycles. The Morgan fingerprint density at radius 2 is 0.762 bits per heavy atom. The summed E-state index contributed by atoms with van der Waals surface area (Å²) in [4.78, 5) is 43.0. The Labute approximate surface area is 258 Å². The van der Waals surface area contributed by atoms with Gasteiger partial charge in [0.25, 0.3) is 0 Å². The minimum atomic E-state index is -3.94. The van der Waals surface area contributed by atoms with Crippen LogP contribution in [0.4, 0.5) is 0 Å². The van der Waals surface area contributed by atoms with E-state index in [0.29, 0.717) is 22.1 Å². The van der Waals surface area contributed by atoms with Gasteiger partial charge in [-0.15, -0.1) is 0 Å². The lowest BCUT2D eigenvalue weighted by Crippen LogP contribution is -2.38. The Hall–Kier alpha value is -0.420. The summed E-state index contributed by atoms with van der Waals surface area (Å²) in [6, 6.07) is 0. The topological polar surface area (TPSA) is 124 Å². The number of rotatable bonds is 26. The van der Waals surface area contributed by atoms with Crippen LogP contribution in [0, 0.1) is 23.7 Å². The summed E-state index contributed by atoms with van der Waals surface area (Å²) >= 11 is 0. The largest absolute Gasteiger partial charge is 0.606 e. The van der Waals surface area contributed by atoms with E-state index in [0.717, 1.165) is 89.9 Å². The summed E-state index contributed by atoms with van der Waals surface area (Å²) in [5.74, 6) is 12.1. The summed E-state index contributed by atoms with van der Waals surface area (Å²) in [5, 5.41) is 0. The highest BCUT2D eigenvalue weighted by molar-refractivity contribution is 7.53. The number of phosphoric acid groups is 2. The minimum Gasteiger partial charge on any atom is -0.606 e. The molecule has 0 saturated heterocycles. The maximum atomic E-state index is 11.8. The van der Waals surface area contributed by atoms with Crippen molar-refractivity contribution in [3.8, 4) is 23.7 Å². The van der Waals surface area contributed by atoms with E-state index in [-0.39, 0.29) is 26.4 Å². The zero-order valence-corrected chi connectivity index (χ0v) is 29.1. The predicted octanol–water partition coefficient (Wildman–Crippen LogP) is 3.99. The van der Waals surface area contributed by atoms with Crippen LogP contribution in [0.2, 0.25) is 0 Å². The third-order valence-corrected chi connectivity index (χ3v) is 8.21. The fourth-order valence-electron chi connectivity index (χ4n) is 3.55. The first-order chi connectivity index (χ1) is 19.6. The molecule has 0 amide bonds. The first-order valence-electron chi connectivity index (χ1n) is 15.4. The minimum absolute atomic E-state index is 0.194. The van der Waals surface area contributed by atoms with Crippen LogP contribution in [-0.4, -0.2) is 101 Å². The third-order valence-electron chi connectivity index (χ3n) is 6.17. The smallest absolute Gasteiger partial charge is 0.377 e. The van der Waals surface area contributed by atoms with Gasteiger partial charge >= 0.3 is 16.3 Å². The van der Waals surface area contributed by atoms with E-state index >= 15 is 0 Å². The van der Waals surface area contributed by atoms with Gasteiger partial charge in [-0.3, -0.25) is 0 Å². The molecule has 0 spiro atoms. The molecule has 2 atom stereocenters. The summed E-state index contributed by atoms with van der Waals surface area (Å²) in [6.45, 7) is 2.14. The highest BCUT2D eigenvalue weighted by atomic mass is 31.2. The standard InChI is InChI=1S/C30H58N2O8P2/c1-31(2,3)25-29-39-41(33,34)37-27-23-21-19-17-15-13-11-9-7-8-10-12-14-16-18-20-22-24-28-38-42(35,36)40-30-26-32(4,5)6/h11-30H2,1-6H3/p+2. The van der Waals surface area contributed by atoms with Crippen molar-refractivity contribution in [2.45, 2.75) is 89.9 Å². The van der Waals surface area contributed by atoms with Crippen molar-refractivity contribution >= 4 is 16.3 Å². The highest BCUT2D eigenvalue weighted by Gasteiger charge is 2.28. The van der Waals surface area contributed by atoms with Crippen molar-refractivity contribution in [3.63, 3.8) is 0 Å². The number of hydrogen-bond donors (Lipinski definition) is 2. The highest BCUT2D eigenvalue weighted by Crippen LogP contribution is 2.48. The van der Waals surface area contributed by atoms with Gasteiger partial charge in [0.2, 0.25) is 0 Å². The second-order valence-corrected chi connectivity index (χ2v) is 15.6. The summed E-state index contributed by atoms with van der Waals surface area (Å²) in [5.41, 5.74) is 0. The Morgan fingerprint density at radius 3 is 1.10 bits per heavy atom. The van der Waals surface area contributed by atoms with E-state index in [4.69, 9.17) is 18.1 Å². The SMILES string of the molecule is C[N+](C)(C)CCO[P+]([O-])(O)OCCCCCCCCC#CC#CCCCCCCCCO[P+]([O-])(O)OCC[N+](C)(C)C. The van der Waals surface area contributed by atoms with Crippen LogP contribution in [0.15, 0.2) is 0 Å². The van der Waals surface area contributed by atoms with Gasteiger partial charge in [0, 0.05) is 12.8 Å². The van der Waals surface area contributed by atoms with E-state index in [9.17, 15) is 19.6 Å². The Balaban J connectivity index is 3.52. The van der Waals surface area contributed by atoms with Crippen molar-refractivity contribution in [1.82, 2.24) is 0 Å². The summed E-state index contributed by atoms with van der Waals surface area (Å²) in [6.07, 6.45) is 13.8. The summed E-state index contributed by atoms with van der Waals surface area (Å²) in [7, 11) is 4.09. The molecule has 12 heteroatoms. The van der Waals surface area contributed by atoms with E-state index in [1.807, 2.05) is 42.3 Å². The first-order valence-corrected chi connectivity index (χ1v) is 18.4. The van der Waals surface area contributed by atoms with Gasteiger partial charge in [0.15, 0.2) is 0 Å². The number of unbranched alkanes of at least 4 members (excludes halogenated alkanes) is 12. The maximum absolute atomic E-state index is 11.8. The molecule has 246 valence electrons. The molecule has 0 aliphatic heterocycles. The third kappa shape index (κ3) is 32.5. The molecule has 0 fully saturated rings. The molecule has 0 aliphatic rings. The van der Waals surface area contributed by atoms with E-state index < -0.39 is 16.3 Å². The predicted molar refractivity (Wildman–Crippen MR) is 168 cm³/mol. The molecule has 0 saturated carbocycles. The average Bonchev–Trinajstić information content (AvgIpc) is 2.85. The van der Waals surface area contributed by atoms with Crippen LogP contribution in [0.3, 0.4) is 0 Å². The molecule has 0 aromatic rings. The van der Waals surface area contributed by atoms with Crippen LogP contribution in [0.5, 0.6) is 0 Å². The molecule has 42 heavy (non-hydrogen) atoms. The molecular formula is C30H60N2O8P2+2. The van der Waals surface area contributed by atoms with Gasteiger partial charge in [-0.25, -0.2) is 0 Å². The van der Waals surface area contributed by atoms with Gasteiger partial charge in [-0.1, -0.05) is 63.2 Å². The zero-order valence-electron chi connectivity index (χ0n) is 27.3. The quantitative estimate of drug-likeness (QED) is 0.0631. The number of likely N-dealkylation sites (N-methyl/N-ethyl adjacent to an activating group) is 2. The number of quaternary nitrogens is 2. The van der Waals surface area contributed by atoms with E-state index in [1.54, 1.807) is 0 Å². The lowest BCUT2D eigenvalue weighted by Gasteiger charge is -2.25. The maximum Gasteiger partial charge on any atom is 0.377 e. The molecule has 0 heterocycles. The van der Waals surface area contributed by atoms with Crippen LogP contribution in [-0.2, 0) is 18.1 Å². The Bertz CT molecular complexity index is 728. The normalized spacial score (nSPS) is 14.8. The lowest BCUT2D eigenvalue weighted by molar-refractivity contribution is -0.870. The van der Waals surface area contributed by atoms with Gasteiger partial charge in [-0.05, 0) is 37.5 Å². The Kier molecular flexibility index (Phi) is 23.7. The van der Waals surface area contributed by atoms with Crippen molar-refractivity contribution in [2.24, 2.45) is 0 Å². The molecule has 2 unspecified atom stereocenters. The van der Waals surface area contributed by atoms with Crippen LogP contribution in [0.1, 0.15) is 89.9 Å². The fourth-order valence-corrected chi connectivity index (χ4v) is 5.05. The van der Waals surface area contributed by atoms with Crippen LogP contribution in [0.25, 0.3) is 0 Å². The van der Waals surface area contributed by atoms with Gasteiger partial charge in [0.05, 0.1) is 55.5 Å². The molecule has 10 nitrogen and oxygen atoms in total. The zero-order chi connectivity index (χ0) is 31.8. The number of hydrogen-bond acceptors (Lipinski definition) is 8. The van der Waals surface area contributed by atoms with Crippen molar-refractivity contribution < 1.29 is 46.6 Å². The molecule has 0 rings (SSSR count). The van der Waals surface area contributed by atoms with Crippen molar-refractivity contribution in [3.05, 3.63) is 0 Å². The number of nitrogens with zero attached hydrogens (tertiary/aromatic N) is 2. The van der Waals surface area contributed by atoms with Crippen LogP contribution >= 0.6 is 16.3 Å². The molecule has 0 aromatic carbocycles. The number of phosphoric ester groups is 2. The lowest BCUT2D eigenvalue weighted by atomic mass is 10.1. The second-order valence-electron chi connectivity index (χ2n) is 12.6.